The van der Waals surface area contributed by atoms with E-state index in [0.29, 0.717) is 18.9 Å². The third-order valence-corrected chi connectivity index (χ3v) is 3.63. The van der Waals surface area contributed by atoms with E-state index < -0.39 is 5.54 Å². The number of nitrogens with one attached hydrogen (secondary N) is 1. The van der Waals surface area contributed by atoms with Gasteiger partial charge in [-0.1, -0.05) is 6.92 Å². The Labute approximate surface area is 96.4 Å². The van der Waals surface area contributed by atoms with E-state index >= 15 is 0 Å². The maximum atomic E-state index is 12.4. The van der Waals surface area contributed by atoms with E-state index in [1.54, 1.807) is 0 Å². The summed E-state index contributed by atoms with van der Waals surface area (Å²) in [6, 6.07) is 0. The van der Waals surface area contributed by atoms with Crippen LogP contribution in [0.2, 0.25) is 0 Å². The van der Waals surface area contributed by atoms with Gasteiger partial charge in [0, 0.05) is 19.5 Å². The highest BCUT2D eigenvalue weighted by Crippen LogP contribution is 2.41. The molecular weight excluding hydrogens is 204 g/mol. The van der Waals surface area contributed by atoms with Crippen LogP contribution in [0, 0.1) is 5.92 Å². The lowest BCUT2D eigenvalue weighted by molar-refractivity contribution is -0.139. The minimum Gasteiger partial charge on any atom is -0.342 e. The van der Waals surface area contributed by atoms with Gasteiger partial charge in [0.15, 0.2) is 0 Å². The average molecular weight is 224 g/mol. The van der Waals surface area contributed by atoms with Crippen molar-refractivity contribution in [2.24, 2.45) is 5.92 Å². The van der Waals surface area contributed by atoms with Gasteiger partial charge in [0.1, 0.15) is 5.54 Å². The number of rotatable bonds is 3. The Balaban J connectivity index is 2.20. The van der Waals surface area contributed by atoms with Crippen LogP contribution in [0.4, 0.5) is 0 Å². The fraction of sp³-hybridized carbons (Fsp3) is 0.833. The molecule has 1 atom stereocenters. The third kappa shape index (κ3) is 1.93. The molecule has 4 nitrogen and oxygen atoms in total. The van der Waals surface area contributed by atoms with Gasteiger partial charge in [0.25, 0.3) is 0 Å². The van der Waals surface area contributed by atoms with Crippen molar-refractivity contribution in [3.8, 4) is 0 Å². The lowest BCUT2D eigenvalue weighted by atomic mass is 9.94. The number of hydrogen-bond donors (Lipinski definition) is 1. The van der Waals surface area contributed by atoms with Crippen molar-refractivity contribution in [1.82, 2.24) is 10.2 Å². The Morgan fingerprint density at radius 2 is 2.12 bits per heavy atom. The zero-order valence-corrected chi connectivity index (χ0v) is 10.1. The highest BCUT2D eigenvalue weighted by Gasteiger charge is 2.50. The van der Waals surface area contributed by atoms with Crippen molar-refractivity contribution in [3.05, 3.63) is 0 Å². The van der Waals surface area contributed by atoms with Gasteiger partial charge in [0.2, 0.25) is 11.8 Å². The molecule has 0 aromatic heterocycles. The Morgan fingerprint density at radius 1 is 1.44 bits per heavy atom. The van der Waals surface area contributed by atoms with Crippen LogP contribution in [0.3, 0.4) is 0 Å². The molecule has 2 fully saturated rings. The van der Waals surface area contributed by atoms with Crippen LogP contribution in [0.15, 0.2) is 0 Å². The van der Waals surface area contributed by atoms with E-state index in [-0.39, 0.29) is 11.8 Å². The van der Waals surface area contributed by atoms with E-state index in [1.807, 2.05) is 11.8 Å². The maximum Gasteiger partial charge on any atom is 0.248 e. The van der Waals surface area contributed by atoms with Crippen LogP contribution in [0.5, 0.6) is 0 Å². The van der Waals surface area contributed by atoms with Crippen LogP contribution in [0.1, 0.15) is 39.5 Å². The molecular formula is C12H20N2O2. The molecule has 1 saturated carbocycles. The largest absolute Gasteiger partial charge is 0.342 e. The average Bonchev–Trinajstić information content (AvgIpc) is 3.05. The topological polar surface area (TPSA) is 49.4 Å². The number of carbonyl (C=O) groups excluding carboxylic acids is 2. The lowest BCUT2D eigenvalue weighted by Crippen LogP contribution is -2.56. The summed E-state index contributed by atoms with van der Waals surface area (Å²) in [4.78, 5) is 25.9. The van der Waals surface area contributed by atoms with Gasteiger partial charge in [-0.05, 0) is 32.1 Å². The summed E-state index contributed by atoms with van der Waals surface area (Å²) in [6.45, 7) is 5.28. The number of carbonyl (C=O) groups is 2. The fourth-order valence-electron chi connectivity index (χ4n) is 2.49. The highest BCUT2D eigenvalue weighted by molar-refractivity contribution is 5.93. The van der Waals surface area contributed by atoms with E-state index in [1.165, 1.54) is 0 Å². The minimum atomic E-state index is -0.636. The number of hydrogen-bond acceptors (Lipinski definition) is 2. The summed E-state index contributed by atoms with van der Waals surface area (Å²) in [5.41, 5.74) is -0.636. The molecule has 0 bridgehead atoms. The molecule has 0 spiro atoms. The standard InChI is InChI=1S/C12H20N2O2/c1-3-7-14-8-6-10(15)13-12(2,11(14)16)9-4-5-9/h9H,3-8H2,1-2H3,(H,13,15). The summed E-state index contributed by atoms with van der Waals surface area (Å²) in [5.74, 6) is 0.477. The summed E-state index contributed by atoms with van der Waals surface area (Å²) in [6.07, 6.45) is 3.50. The maximum absolute atomic E-state index is 12.4. The van der Waals surface area contributed by atoms with Crippen molar-refractivity contribution in [2.75, 3.05) is 13.1 Å². The van der Waals surface area contributed by atoms with E-state index in [9.17, 15) is 9.59 Å². The van der Waals surface area contributed by atoms with Crippen molar-refractivity contribution >= 4 is 11.8 Å². The smallest absolute Gasteiger partial charge is 0.248 e. The highest BCUT2D eigenvalue weighted by atomic mass is 16.2. The zero-order valence-electron chi connectivity index (χ0n) is 10.1. The Kier molecular flexibility index (Phi) is 2.91. The summed E-state index contributed by atoms with van der Waals surface area (Å²) >= 11 is 0. The molecule has 2 aliphatic rings. The van der Waals surface area contributed by atoms with Crippen LogP contribution < -0.4 is 5.32 Å². The molecule has 1 aliphatic heterocycles. The SMILES string of the molecule is CCCN1CCC(=O)NC(C)(C2CC2)C1=O. The molecule has 0 aromatic rings. The van der Waals surface area contributed by atoms with Gasteiger partial charge in [-0.15, -0.1) is 0 Å². The van der Waals surface area contributed by atoms with Crippen molar-refractivity contribution in [2.45, 2.75) is 45.1 Å². The molecule has 2 rings (SSSR count). The molecule has 90 valence electrons. The quantitative estimate of drug-likeness (QED) is 0.774. The molecule has 1 heterocycles. The second kappa shape index (κ2) is 4.07. The third-order valence-electron chi connectivity index (χ3n) is 3.63. The first-order valence-electron chi connectivity index (χ1n) is 6.18. The van der Waals surface area contributed by atoms with Gasteiger partial charge in [-0.25, -0.2) is 0 Å². The second-order valence-electron chi connectivity index (χ2n) is 5.07. The predicted molar refractivity (Wildman–Crippen MR) is 60.8 cm³/mol. The first-order chi connectivity index (χ1) is 7.58. The van der Waals surface area contributed by atoms with Crippen molar-refractivity contribution in [3.63, 3.8) is 0 Å². The van der Waals surface area contributed by atoms with Gasteiger partial charge in [-0.3, -0.25) is 9.59 Å². The van der Waals surface area contributed by atoms with Crippen LogP contribution in [-0.2, 0) is 9.59 Å². The van der Waals surface area contributed by atoms with Gasteiger partial charge in [0.05, 0.1) is 0 Å². The van der Waals surface area contributed by atoms with Gasteiger partial charge in [-0.2, -0.15) is 0 Å². The summed E-state index contributed by atoms with van der Waals surface area (Å²) < 4.78 is 0. The molecule has 1 saturated heterocycles. The summed E-state index contributed by atoms with van der Waals surface area (Å²) in [7, 11) is 0. The van der Waals surface area contributed by atoms with E-state index in [4.69, 9.17) is 0 Å². The summed E-state index contributed by atoms with van der Waals surface area (Å²) in [5, 5.41) is 2.93. The van der Waals surface area contributed by atoms with Crippen LogP contribution >= 0.6 is 0 Å². The molecule has 0 aromatic carbocycles. The zero-order chi connectivity index (χ0) is 11.8. The van der Waals surface area contributed by atoms with Crippen molar-refractivity contribution < 1.29 is 9.59 Å². The van der Waals surface area contributed by atoms with Crippen LogP contribution in [-0.4, -0.2) is 35.3 Å². The van der Waals surface area contributed by atoms with Crippen molar-refractivity contribution in [1.29, 1.82) is 0 Å². The predicted octanol–water partition coefficient (Wildman–Crippen LogP) is 0.914. The molecule has 1 unspecified atom stereocenters. The molecule has 1 aliphatic carbocycles. The molecule has 0 radical (unpaired) electrons. The van der Waals surface area contributed by atoms with Gasteiger partial charge >= 0.3 is 0 Å². The second-order valence-corrected chi connectivity index (χ2v) is 5.07. The number of amides is 2. The van der Waals surface area contributed by atoms with Crippen LogP contribution in [0.25, 0.3) is 0 Å². The number of nitrogens with zero attached hydrogens (tertiary/aromatic N) is 1. The first-order valence-corrected chi connectivity index (χ1v) is 6.18. The molecule has 4 heteroatoms. The first kappa shape index (κ1) is 11.4. The normalized spacial score (nSPS) is 31.2. The van der Waals surface area contributed by atoms with E-state index in [2.05, 4.69) is 12.2 Å². The monoisotopic (exact) mass is 224 g/mol. The molecule has 16 heavy (non-hydrogen) atoms. The molecule has 1 N–H and O–H groups in total. The Bertz CT molecular complexity index is 312. The minimum absolute atomic E-state index is 0.0151. The fourth-order valence-corrected chi connectivity index (χ4v) is 2.49. The van der Waals surface area contributed by atoms with E-state index in [0.717, 1.165) is 25.8 Å². The Morgan fingerprint density at radius 3 is 2.69 bits per heavy atom. The molecule has 2 amide bonds. The Hall–Kier alpha value is -1.06. The lowest BCUT2D eigenvalue weighted by Gasteiger charge is -2.32. The van der Waals surface area contributed by atoms with Gasteiger partial charge < -0.3 is 10.2 Å².